The van der Waals surface area contributed by atoms with Gasteiger partial charge >= 0.3 is 0 Å². The maximum absolute atomic E-state index is 11.1. The van der Waals surface area contributed by atoms with Crippen LogP contribution in [0.5, 0.6) is 0 Å². The summed E-state index contributed by atoms with van der Waals surface area (Å²) in [7, 11) is 4.39. The summed E-state index contributed by atoms with van der Waals surface area (Å²) in [4.78, 5) is 11.1. The molecule has 0 heterocycles. The van der Waals surface area contributed by atoms with E-state index in [2.05, 4.69) is 14.6 Å². The van der Waals surface area contributed by atoms with Crippen LogP contribution in [-0.4, -0.2) is 25.0 Å². The Balaban J connectivity index is 3.65. The Labute approximate surface area is 65.0 Å². The summed E-state index contributed by atoms with van der Waals surface area (Å²) in [5, 5.41) is 2.98. The molecule has 0 aliphatic carbocycles. The van der Waals surface area contributed by atoms with Gasteiger partial charge in [0, 0.05) is 6.42 Å². The lowest BCUT2D eigenvalue weighted by Gasteiger charge is -2.10. The van der Waals surface area contributed by atoms with Gasteiger partial charge < -0.3 is 5.32 Å². The number of nitrogens with one attached hydrogen (secondary N) is 1. The molecule has 2 unspecified atom stereocenters. The fourth-order valence-corrected chi connectivity index (χ4v) is 1.19. The minimum atomic E-state index is 0.0700. The third-order valence-electron chi connectivity index (χ3n) is 1.54. The van der Waals surface area contributed by atoms with E-state index in [-0.39, 0.29) is 6.04 Å². The van der Waals surface area contributed by atoms with Crippen LogP contribution < -0.4 is 5.32 Å². The first-order valence-corrected chi connectivity index (χ1v) is 4.48. The van der Waals surface area contributed by atoms with Gasteiger partial charge in [-0.3, -0.25) is 4.79 Å². The van der Waals surface area contributed by atoms with Crippen LogP contribution in [0, 0.1) is 0 Å². The molecular weight excluding hydrogens is 145 g/mol. The van der Waals surface area contributed by atoms with E-state index in [9.17, 15) is 4.79 Å². The molecule has 0 saturated carbocycles. The molecule has 0 aliphatic rings. The summed E-state index contributed by atoms with van der Waals surface area (Å²) in [5.41, 5.74) is 0. The summed E-state index contributed by atoms with van der Waals surface area (Å²) in [6.07, 6.45) is 2.43. The van der Waals surface area contributed by atoms with Crippen LogP contribution in [0.2, 0.25) is 0 Å². The van der Waals surface area contributed by atoms with Crippen molar-refractivity contribution in [3.05, 3.63) is 0 Å². The second-order valence-corrected chi connectivity index (χ2v) is 2.83. The number of carbonyl (C=O) groups is 1. The van der Waals surface area contributed by atoms with Gasteiger partial charge in [0.25, 0.3) is 0 Å². The van der Waals surface area contributed by atoms with E-state index < -0.39 is 0 Å². The van der Waals surface area contributed by atoms with Crippen LogP contribution in [0.25, 0.3) is 0 Å². The molecule has 0 amide bonds. The van der Waals surface area contributed by atoms with Crippen molar-refractivity contribution in [3.8, 4) is 0 Å². The second kappa shape index (κ2) is 5.82. The van der Waals surface area contributed by atoms with Crippen molar-refractivity contribution in [1.29, 1.82) is 0 Å². The number of carbonyl (C=O) groups excluding carboxylic acids is 1. The average molecular weight is 161 g/mol. The number of Topliss-reactive ketones (excluding diaryl/α,β-unsaturated/α-hetero) is 1. The Bertz CT molecular complexity index is 102. The quantitative estimate of drug-likeness (QED) is 0.605. The molecule has 0 saturated heterocycles. The molecule has 0 radical (unpaired) electrons. The Morgan fingerprint density at radius 2 is 2.30 bits per heavy atom. The fourth-order valence-electron chi connectivity index (χ4n) is 0.909. The highest BCUT2D eigenvalue weighted by molar-refractivity contribution is 7.16. The third kappa shape index (κ3) is 3.28. The number of rotatable bonds is 5. The molecule has 0 spiro atoms. The number of ketones is 1. The smallest absolute Gasteiger partial charge is 0.150 e. The zero-order chi connectivity index (χ0) is 7.98. The number of hydrogen-bond acceptors (Lipinski definition) is 2. The zero-order valence-electron chi connectivity index (χ0n) is 6.68. The van der Waals surface area contributed by atoms with Crippen LogP contribution in [0.4, 0.5) is 0 Å². The molecule has 0 rings (SSSR count). The second-order valence-electron chi connectivity index (χ2n) is 2.25. The van der Waals surface area contributed by atoms with E-state index in [0.29, 0.717) is 12.2 Å². The minimum Gasteiger partial charge on any atom is -0.311 e. The molecule has 0 aliphatic heterocycles. The van der Waals surface area contributed by atoms with Crippen LogP contribution >= 0.6 is 9.24 Å². The highest BCUT2D eigenvalue weighted by Crippen LogP contribution is 1.98. The third-order valence-corrected chi connectivity index (χ3v) is 1.82. The maximum Gasteiger partial charge on any atom is 0.150 e. The average Bonchev–Trinajstić information content (AvgIpc) is 1.91. The van der Waals surface area contributed by atoms with E-state index >= 15 is 0 Å². The van der Waals surface area contributed by atoms with E-state index in [1.807, 2.05) is 14.0 Å². The SMILES string of the molecule is CCC(NC)C(=O)CCP. The zero-order valence-corrected chi connectivity index (χ0v) is 7.84. The largest absolute Gasteiger partial charge is 0.311 e. The van der Waals surface area contributed by atoms with Crippen LogP contribution in [0.3, 0.4) is 0 Å². The molecule has 0 bridgehead atoms. The van der Waals surface area contributed by atoms with E-state index in [4.69, 9.17) is 0 Å². The first kappa shape index (κ1) is 10.1. The Morgan fingerprint density at radius 3 is 2.60 bits per heavy atom. The van der Waals surface area contributed by atoms with E-state index in [1.54, 1.807) is 0 Å². The van der Waals surface area contributed by atoms with Crippen molar-refractivity contribution in [3.63, 3.8) is 0 Å². The van der Waals surface area contributed by atoms with Crippen LogP contribution in [0.1, 0.15) is 19.8 Å². The molecule has 3 heteroatoms. The summed E-state index contributed by atoms with van der Waals surface area (Å²) in [5.74, 6) is 0.319. The topological polar surface area (TPSA) is 29.1 Å². The van der Waals surface area contributed by atoms with Crippen LogP contribution in [-0.2, 0) is 4.79 Å². The van der Waals surface area contributed by atoms with Crippen molar-refractivity contribution in [2.75, 3.05) is 13.2 Å². The molecule has 0 fully saturated rings. The van der Waals surface area contributed by atoms with E-state index in [0.717, 1.165) is 12.6 Å². The van der Waals surface area contributed by atoms with E-state index in [1.165, 1.54) is 0 Å². The molecule has 0 aromatic rings. The Hall–Kier alpha value is 0.0600. The lowest BCUT2D eigenvalue weighted by molar-refractivity contribution is -0.120. The van der Waals surface area contributed by atoms with Gasteiger partial charge in [-0.25, -0.2) is 0 Å². The van der Waals surface area contributed by atoms with Crippen LogP contribution in [0.15, 0.2) is 0 Å². The first-order valence-electron chi connectivity index (χ1n) is 3.66. The lowest BCUT2D eigenvalue weighted by Crippen LogP contribution is -2.33. The molecule has 10 heavy (non-hydrogen) atoms. The molecule has 0 aromatic heterocycles. The van der Waals surface area contributed by atoms with Gasteiger partial charge in [0.2, 0.25) is 0 Å². The van der Waals surface area contributed by atoms with Crippen molar-refractivity contribution in [1.82, 2.24) is 5.32 Å². The van der Waals surface area contributed by atoms with Gasteiger partial charge in [0.05, 0.1) is 6.04 Å². The minimum absolute atomic E-state index is 0.0700. The lowest BCUT2D eigenvalue weighted by atomic mass is 10.1. The highest BCUT2D eigenvalue weighted by Gasteiger charge is 2.11. The predicted molar refractivity (Wildman–Crippen MR) is 47.3 cm³/mol. The molecule has 2 atom stereocenters. The Kier molecular flexibility index (Phi) is 5.85. The van der Waals surface area contributed by atoms with Crippen molar-refractivity contribution in [2.45, 2.75) is 25.8 Å². The van der Waals surface area contributed by atoms with Crippen molar-refractivity contribution >= 4 is 15.0 Å². The standard InChI is InChI=1S/C7H16NOP/c1-3-6(8-2)7(9)4-5-10/h6,8H,3-5,10H2,1-2H3. The summed E-state index contributed by atoms with van der Waals surface area (Å²) >= 11 is 0. The molecule has 2 nitrogen and oxygen atoms in total. The fraction of sp³-hybridized carbons (Fsp3) is 0.857. The summed E-state index contributed by atoms with van der Waals surface area (Å²) < 4.78 is 0. The molecule has 60 valence electrons. The van der Waals surface area contributed by atoms with Crippen molar-refractivity contribution < 1.29 is 4.79 Å². The van der Waals surface area contributed by atoms with Gasteiger partial charge in [-0.15, -0.1) is 9.24 Å². The molecular formula is C7H16NOP. The predicted octanol–water partition coefficient (Wildman–Crippen LogP) is 0.819. The number of hydrogen-bond donors (Lipinski definition) is 1. The first-order chi connectivity index (χ1) is 4.76. The Morgan fingerprint density at radius 1 is 1.70 bits per heavy atom. The monoisotopic (exact) mass is 161 g/mol. The molecule has 1 N–H and O–H groups in total. The van der Waals surface area contributed by atoms with Gasteiger partial charge in [0.1, 0.15) is 5.78 Å². The highest BCUT2D eigenvalue weighted by atomic mass is 31.0. The number of likely N-dealkylation sites (N-methyl/N-ethyl adjacent to an activating group) is 1. The van der Waals surface area contributed by atoms with Gasteiger partial charge in [-0.2, -0.15) is 0 Å². The summed E-state index contributed by atoms with van der Waals surface area (Å²) in [6.45, 7) is 2.02. The van der Waals surface area contributed by atoms with Gasteiger partial charge in [-0.05, 0) is 19.6 Å². The van der Waals surface area contributed by atoms with Gasteiger partial charge in [0.15, 0.2) is 0 Å². The normalized spacial score (nSPS) is 13.1. The van der Waals surface area contributed by atoms with Gasteiger partial charge in [-0.1, -0.05) is 6.92 Å². The van der Waals surface area contributed by atoms with Crippen molar-refractivity contribution in [2.24, 2.45) is 0 Å². The maximum atomic E-state index is 11.1. The molecule has 0 aromatic carbocycles. The summed E-state index contributed by atoms with van der Waals surface area (Å²) in [6, 6.07) is 0.0700.